The van der Waals surface area contributed by atoms with Gasteiger partial charge >= 0.3 is 7.12 Å². The van der Waals surface area contributed by atoms with Crippen LogP contribution in [0.15, 0.2) is 52.9 Å². The second-order valence-corrected chi connectivity index (χ2v) is 4.42. The Morgan fingerprint density at radius 1 is 0.905 bits per heavy atom. The third kappa shape index (κ3) is 2.83. The lowest BCUT2D eigenvalue weighted by Crippen LogP contribution is -2.29. The van der Waals surface area contributed by atoms with E-state index in [9.17, 15) is 4.39 Å². The van der Waals surface area contributed by atoms with E-state index in [1.807, 2.05) is 0 Å². The molecule has 1 aromatic heterocycles. The molecule has 0 aliphatic rings. The second-order valence-electron chi connectivity index (χ2n) is 4.42. The highest BCUT2D eigenvalue weighted by atomic mass is 19.1. The molecule has 0 aliphatic heterocycles. The van der Waals surface area contributed by atoms with Crippen molar-refractivity contribution in [1.82, 2.24) is 10.2 Å². The lowest BCUT2D eigenvalue weighted by molar-refractivity contribution is 0.426. The Labute approximate surface area is 119 Å². The van der Waals surface area contributed by atoms with E-state index in [2.05, 4.69) is 10.2 Å². The fourth-order valence-corrected chi connectivity index (χ4v) is 1.88. The van der Waals surface area contributed by atoms with E-state index in [0.29, 0.717) is 16.6 Å². The number of aromatic nitrogens is 2. The van der Waals surface area contributed by atoms with Crippen LogP contribution in [0.25, 0.3) is 22.9 Å². The first-order valence-electron chi connectivity index (χ1n) is 6.19. The minimum atomic E-state index is -1.52. The molecule has 2 N–H and O–H groups in total. The first-order valence-corrected chi connectivity index (χ1v) is 6.19. The molecule has 0 saturated carbocycles. The molecule has 0 aliphatic carbocycles. The maximum atomic E-state index is 13.2. The van der Waals surface area contributed by atoms with Crippen LogP contribution in [0.5, 0.6) is 0 Å². The molecule has 0 saturated heterocycles. The lowest BCUT2D eigenvalue weighted by atomic mass is 9.80. The molecule has 0 radical (unpaired) electrons. The van der Waals surface area contributed by atoms with Crippen LogP contribution in [-0.4, -0.2) is 27.4 Å². The number of nitrogens with zero attached hydrogens (tertiary/aromatic N) is 2. The third-order valence-electron chi connectivity index (χ3n) is 2.95. The Kier molecular flexibility index (Phi) is 3.51. The predicted octanol–water partition coefficient (Wildman–Crippen LogP) is 1.22. The smallest absolute Gasteiger partial charge is 0.423 e. The molecule has 0 fully saturated rings. The van der Waals surface area contributed by atoms with Gasteiger partial charge in [0.15, 0.2) is 0 Å². The summed E-state index contributed by atoms with van der Waals surface area (Å²) in [5.41, 5.74) is 1.49. The Bertz CT molecular complexity index is 759. The van der Waals surface area contributed by atoms with Crippen molar-refractivity contribution in [3.05, 3.63) is 54.3 Å². The molecular formula is C14H10BFN2O3. The fraction of sp³-hybridized carbons (Fsp3) is 0. The molecule has 21 heavy (non-hydrogen) atoms. The Balaban J connectivity index is 1.91. The third-order valence-corrected chi connectivity index (χ3v) is 2.95. The van der Waals surface area contributed by atoms with Crippen molar-refractivity contribution in [3.8, 4) is 22.9 Å². The van der Waals surface area contributed by atoms with Gasteiger partial charge in [0, 0.05) is 11.1 Å². The van der Waals surface area contributed by atoms with Gasteiger partial charge in [-0.25, -0.2) is 4.39 Å². The minimum Gasteiger partial charge on any atom is -0.423 e. The van der Waals surface area contributed by atoms with Crippen LogP contribution in [0.4, 0.5) is 4.39 Å². The van der Waals surface area contributed by atoms with E-state index in [4.69, 9.17) is 14.5 Å². The molecule has 5 nitrogen and oxygen atoms in total. The highest BCUT2D eigenvalue weighted by Crippen LogP contribution is 2.23. The van der Waals surface area contributed by atoms with E-state index in [0.717, 1.165) is 0 Å². The minimum absolute atomic E-state index is 0.218. The maximum absolute atomic E-state index is 13.2. The van der Waals surface area contributed by atoms with Gasteiger partial charge in [-0.2, -0.15) is 0 Å². The van der Waals surface area contributed by atoms with E-state index < -0.39 is 7.12 Å². The zero-order valence-electron chi connectivity index (χ0n) is 10.8. The van der Waals surface area contributed by atoms with E-state index in [1.165, 1.54) is 12.1 Å². The fourth-order valence-electron chi connectivity index (χ4n) is 1.88. The summed E-state index contributed by atoms with van der Waals surface area (Å²) in [5.74, 6) is 0.109. The van der Waals surface area contributed by atoms with Gasteiger partial charge in [-0.15, -0.1) is 10.2 Å². The van der Waals surface area contributed by atoms with Crippen LogP contribution in [0.3, 0.4) is 0 Å². The molecule has 0 spiro atoms. The molecule has 0 unspecified atom stereocenters. The summed E-state index contributed by atoms with van der Waals surface area (Å²) in [7, 11) is -1.52. The van der Waals surface area contributed by atoms with Gasteiger partial charge < -0.3 is 14.5 Å². The first-order chi connectivity index (χ1) is 10.1. The predicted molar refractivity (Wildman–Crippen MR) is 75.0 cm³/mol. The van der Waals surface area contributed by atoms with Gasteiger partial charge in [-0.05, 0) is 35.8 Å². The van der Waals surface area contributed by atoms with Gasteiger partial charge in [0.25, 0.3) is 0 Å². The summed E-state index contributed by atoms with van der Waals surface area (Å²) >= 11 is 0. The normalized spacial score (nSPS) is 10.6. The van der Waals surface area contributed by atoms with Crippen molar-refractivity contribution in [2.75, 3.05) is 0 Å². The van der Waals surface area contributed by atoms with Crippen LogP contribution < -0.4 is 5.46 Å². The molecular weight excluding hydrogens is 274 g/mol. The summed E-state index contributed by atoms with van der Waals surface area (Å²) in [6.45, 7) is 0. The van der Waals surface area contributed by atoms with Gasteiger partial charge in [-0.3, -0.25) is 0 Å². The molecule has 104 valence electrons. The van der Waals surface area contributed by atoms with Crippen LogP contribution in [0.2, 0.25) is 0 Å². The molecule has 7 heteroatoms. The Hall–Kier alpha value is -2.51. The summed E-state index contributed by atoms with van der Waals surface area (Å²) in [5, 5.41) is 25.8. The van der Waals surface area contributed by atoms with Crippen LogP contribution in [-0.2, 0) is 0 Å². The zero-order chi connectivity index (χ0) is 14.8. The van der Waals surface area contributed by atoms with Crippen molar-refractivity contribution in [1.29, 1.82) is 0 Å². The Morgan fingerprint density at radius 2 is 1.57 bits per heavy atom. The summed E-state index contributed by atoms with van der Waals surface area (Å²) in [4.78, 5) is 0. The number of halogens is 1. The maximum Gasteiger partial charge on any atom is 0.488 e. The van der Waals surface area contributed by atoms with Crippen LogP contribution >= 0.6 is 0 Å². The molecule has 0 amide bonds. The van der Waals surface area contributed by atoms with Crippen molar-refractivity contribution in [2.45, 2.75) is 0 Å². The second kappa shape index (κ2) is 5.47. The van der Waals surface area contributed by atoms with Crippen molar-refractivity contribution < 1.29 is 18.9 Å². The van der Waals surface area contributed by atoms with Gasteiger partial charge in [0.2, 0.25) is 11.8 Å². The summed E-state index contributed by atoms with van der Waals surface area (Å²) < 4.78 is 18.7. The number of rotatable bonds is 3. The molecule has 3 rings (SSSR count). The largest absolute Gasteiger partial charge is 0.488 e. The van der Waals surface area contributed by atoms with Crippen LogP contribution in [0.1, 0.15) is 0 Å². The molecule has 0 bridgehead atoms. The van der Waals surface area contributed by atoms with Crippen molar-refractivity contribution in [2.24, 2.45) is 0 Å². The lowest BCUT2D eigenvalue weighted by Gasteiger charge is -1.99. The molecule has 1 heterocycles. The molecule has 2 aromatic carbocycles. The van der Waals surface area contributed by atoms with Gasteiger partial charge in [-0.1, -0.05) is 18.2 Å². The van der Waals surface area contributed by atoms with Gasteiger partial charge in [0.05, 0.1) is 0 Å². The number of hydrogen-bond acceptors (Lipinski definition) is 5. The topological polar surface area (TPSA) is 79.4 Å². The summed E-state index contributed by atoms with van der Waals surface area (Å²) in [6, 6.07) is 12.2. The average molecular weight is 284 g/mol. The zero-order valence-corrected chi connectivity index (χ0v) is 10.8. The number of hydrogen-bond donors (Lipinski definition) is 2. The van der Waals surface area contributed by atoms with Crippen molar-refractivity contribution in [3.63, 3.8) is 0 Å². The van der Waals surface area contributed by atoms with Crippen LogP contribution in [0, 0.1) is 5.82 Å². The quantitative estimate of drug-likeness (QED) is 0.707. The Morgan fingerprint density at radius 3 is 2.19 bits per heavy atom. The standard InChI is InChI=1S/C14H10BFN2O3/c16-12-3-1-2-10(8-12)14-18-17-13(21-14)9-4-6-11(7-5-9)15(19)20/h1-8,19-20H. The van der Waals surface area contributed by atoms with E-state index in [1.54, 1.807) is 36.4 Å². The highest BCUT2D eigenvalue weighted by molar-refractivity contribution is 6.58. The molecule has 3 aromatic rings. The SMILES string of the molecule is OB(O)c1ccc(-c2nnc(-c3cccc(F)c3)o2)cc1. The summed E-state index contributed by atoms with van der Waals surface area (Å²) in [6.07, 6.45) is 0. The molecule has 0 atom stereocenters. The van der Waals surface area contributed by atoms with Crippen molar-refractivity contribution >= 4 is 12.6 Å². The monoisotopic (exact) mass is 284 g/mol. The first kappa shape index (κ1) is 13.5. The number of benzene rings is 2. The van der Waals surface area contributed by atoms with Gasteiger partial charge in [0.1, 0.15) is 5.82 Å². The van der Waals surface area contributed by atoms with E-state index >= 15 is 0 Å². The van der Waals surface area contributed by atoms with E-state index in [-0.39, 0.29) is 17.6 Å². The average Bonchev–Trinajstić information content (AvgIpc) is 2.97. The highest BCUT2D eigenvalue weighted by Gasteiger charge is 2.13.